The van der Waals surface area contributed by atoms with Crippen LogP contribution in [0.1, 0.15) is 33.6 Å². The Morgan fingerprint density at radius 2 is 1.73 bits per heavy atom. The number of nitrogens with one attached hydrogen (secondary N) is 3. The second-order valence-corrected chi connectivity index (χ2v) is 7.45. The van der Waals surface area contributed by atoms with Gasteiger partial charge in [-0.05, 0) is 37.6 Å². The molecule has 0 saturated carbocycles. The molecular formula is C16H23N3O6S. The molecule has 0 bridgehead atoms. The van der Waals surface area contributed by atoms with E-state index in [0.717, 1.165) is 0 Å². The lowest BCUT2D eigenvalue weighted by Gasteiger charge is -2.18. The van der Waals surface area contributed by atoms with E-state index in [-0.39, 0.29) is 17.2 Å². The maximum Gasteiger partial charge on any atom is 0.326 e. The number of amides is 2. The Labute approximate surface area is 152 Å². The van der Waals surface area contributed by atoms with Crippen molar-refractivity contribution in [1.82, 2.24) is 10.0 Å². The molecule has 2 atom stereocenters. The molecule has 0 aromatic heterocycles. The summed E-state index contributed by atoms with van der Waals surface area (Å²) in [5.74, 6) is -2.20. The quantitative estimate of drug-likeness (QED) is 0.492. The Bertz CT molecular complexity index is 761. The van der Waals surface area contributed by atoms with Crippen molar-refractivity contribution < 1.29 is 27.9 Å². The summed E-state index contributed by atoms with van der Waals surface area (Å²) >= 11 is 0. The number of anilines is 1. The maximum atomic E-state index is 12.3. The predicted molar refractivity (Wildman–Crippen MR) is 95.0 cm³/mol. The second kappa shape index (κ2) is 9.30. The summed E-state index contributed by atoms with van der Waals surface area (Å²) in [5, 5.41) is 13.9. The standard InChI is InChI=1S/C16H23N3O6S/c1-4-5-14(16(22)23)18-15(21)10(2)19-26(24,25)13-8-6-12(7-9-13)17-11(3)20/h6-10,14,19H,4-5H2,1-3H3,(H,17,20)(H,18,21)(H,22,23). The van der Waals surface area contributed by atoms with Crippen LogP contribution in [0.3, 0.4) is 0 Å². The van der Waals surface area contributed by atoms with Crippen LogP contribution in [0.2, 0.25) is 0 Å². The van der Waals surface area contributed by atoms with Gasteiger partial charge in [0.15, 0.2) is 0 Å². The molecule has 0 radical (unpaired) electrons. The van der Waals surface area contributed by atoms with Crippen molar-refractivity contribution in [2.45, 2.75) is 50.6 Å². The van der Waals surface area contributed by atoms with Gasteiger partial charge in [0.05, 0.1) is 10.9 Å². The Hall–Kier alpha value is -2.46. The van der Waals surface area contributed by atoms with Crippen molar-refractivity contribution in [2.75, 3.05) is 5.32 Å². The predicted octanol–water partition coefficient (Wildman–Crippen LogP) is 0.681. The average Bonchev–Trinajstić information content (AvgIpc) is 2.53. The van der Waals surface area contributed by atoms with Gasteiger partial charge in [0, 0.05) is 12.6 Å². The van der Waals surface area contributed by atoms with Crippen molar-refractivity contribution in [1.29, 1.82) is 0 Å². The van der Waals surface area contributed by atoms with Crippen LogP contribution in [0.4, 0.5) is 5.69 Å². The molecule has 0 aliphatic heterocycles. The number of aliphatic carboxylic acids is 1. The van der Waals surface area contributed by atoms with Crippen molar-refractivity contribution >= 4 is 33.5 Å². The minimum absolute atomic E-state index is 0.0883. The topological polar surface area (TPSA) is 142 Å². The van der Waals surface area contributed by atoms with Crippen LogP contribution in [-0.2, 0) is 24.4 Å². The average molecular weight is 385 g/mol. The molecule has 144 valence electrons. The molecule has 9 nitrogen and oxygen atoms in total. The smallest absolute Gasteiger partial charge is 0.326 e. The molecule has 0 aliphatic rings. The summed E-state index contributed by atoms with van der Waals surface area (Å²) in [5.41, 5.74) is 0.436. The summed E-state index contributed by atoms with van der Waals surface area (Å²) < 4.78 is 26.9. The number of carbonyl (C=O) groups is 3. The molecule has 1 aromatic carbocycles. The molecule has 0 saturated heterocycles. The van der Waals surface area contributed by atoms with Crippen LogP contribution in [0.25, 0.3) is 0 Å². The van der Waals surface area contributed by atoms with E-state index in [1.807, 2.05) is 0 Å². The van der Waals surface area contributed by atoms with E-state index >= 15 is 0 Å². The highest BCUT2D eigenvalue weighted by molar-refractivity contribution is 7.89. The van der Waals surface area contributed by atoms with E-state index in [4.69, 9.17) is 5.11 Å². The molecule has 26 heavy (non-hydrogen) atoms. The molecule has 2 unspecified atom stereocenters. The minimum Gasteiger partial charge on any atom is -0.480 e. The van der Waals surface area contributed by atoms with Gasteiger partial charge >= 0.3 is 5.97 Å². The van der Waals surface area contributed by atoms with E-state index < -0.39 is 34.0 Å². The first-order chi connectivity index (χ1) is 12.1. The molecule has 1 aromatic rings. The fourth-order valence-corrected chi connectivity index (χ4v) is 3.32. The number of carboxylic acids is 1. The van der Waals surface area contributed by atoms with Gasteiger partial charge in [-0.25, -0.2) is 13.2 Å². The summed E-state index contributed by atoms with van der Waals surface area (Å²) in [6.45, 7) is 4.43. The summed E-state index contributed by atoms with van der Waals surface area (Å²) in [6, 6.07) is 3.18. The van der Waals surface area contributed by atoms with Crippen molar-refractivity contribution in [3.63, 3.8) is 0 Å². The Morgan fingerprint density at radius 1 is 1.15 bits per heavy atom. The van der Waals surface area contributed by atoms with Gasteiger partial charge in [-0.15, -0.1) is 0 Å². The van der Waals surface area contributed by atoms with E-state index in [1.54, 1.807) is 6.92 Å². The summed E-state index contributed by atoms with van der Waals surface area (Å²) in [7, 11) is -3.99. The number of carbonyl (C=O) groups excluding carboxylic acids is 2. The fourth-order valence-electron chi connectivity index (χ4n) is 2.12. The Morgan fingerprint density at radius 3 is 2.19 bits per heavy atom. The molecule has 0 heterocycles. The highest BCUT2D eigenvalue weighted by atomic mass is 32.2. The van der Waals surface area contributed by atoms with E-state index in [1.165, 1.54) is 38.1 Å². The normalized spacial score (nSPS) is 13.5. The number of rotatable bonds is 9. The van der Waals surface area contributed by atoms with Crippen LogP contribution in [0, 0.1) is 0 Å². The molecular weight excluding hydrogens is 362 g/mol. The Balaban J connectivity index is 2.80. The van der Waals surface area contributed by atoms with Gasteiger partial charge in [0.1, 0.15) is 6.04 Å². The first kappa shape index (κ1) is 21.6. The van der Waals surface area contributed by atoms with Crippen LogP contribution in [0.15, 0.2) is 29.2 Å². The SMILES string of the molecule is CCCC(NC(=O)C(C)NS(=O)(=O)c1ccc(NC(C)=O)cc1)C(=O)O. The molecule has 0 aliphatic carbocycles. The third kappa shape index (κ3) is 6.45. The summed E-state index contributed by atoms with van der Waals surface area (Å²) in [4.78, 5) is 34.0. The molecule has 0 spiro atoms. The van der Waals surface area contributed by atoms with Gasteiger partial charge in [-0.1, -0.05) is 13.3 Å². The lowest BCUT2D eigenvalue weighted by atomic mass is 10.1. The zero-order valence-corrected chi connectivity index (χ0v) is 15.6. The zero-order chi connectivity index (χ0) is 19.9. The third-order valence-corrected chi connectivity index (χ3v) is 4.96. The number of carboxylic acid groups (broad SMARTS) is 1. The lowest BCUT2D eigenvalue weighted by molar-refractivity contribution is -0.142. The van der Waals surface area contributed by atoms with Crippen molar-refractivity contribution in [3.05, 3.63) is 24.3 Å². The molecule has 10 heteroatoms. The number of hydrogen-bond donors (Lipinski definition) is 4. The highest BCUT2D eigenvalue weighted by Crippen LogP contribution is 2.14. The maximum absolute atomic E-state index is 12.3. The molecule has 2 amide bonds. The molecule has 4 N–H and O–H groups in total. The molecule has 0 fully saturated rings. The van der Waals surface area contributed by atoms with Gasteiger partial charge in [0.2, 0.25) is 21.8 Å². The second-order valence-electron chi connectivity index (χ2n) is 5.74. The van der Waals surface area contributed by atoms with Gasteiger partial charge in [-0.2, -0.15) is 4.72 Å². The fraction of sp³-hybridized carbons (Fsp3) is 0.438. The van der Waals surface area contributed by atoms with Crippen molar-refractivity contribution in [2.24, 2.45) is 0 Å². The third-order valence-electron chi connectivity index (χ3n) is 3.40. The first-order valence-corrected chi connectivity index (χ1v) is 9.48. The Kier molecular flexibility index (Phi) is 7.72. The van der Waals surface area contributed by atoms with Crippen LogP contribution >= 0.6 is 0 Å². The van der Waals surface area contributed by atoms with Crippen LogP contribution in [0.5, 0.6) is 0 Å². The van der Waals surface area contributed by atoms with Gasteiger partial charge < -0.3 is 15.7 Å². The van der Waals surface area contributed by atoms with Gasteiger partial charge in [-0.3, -0.25) is 9.59 Å². The lowest BCUT2D eigenvalue weighted by Crippen LogP contribution is -2.50. The number of sulfonamides is 1. The highest BCUT2D eigenvalue weighted by Gasteiger charge is 2.26. The summed E-state index contributed by atoms with van der Waals surface area (Å²) in [6.07, 6.45) is 0.795. The van der Waals surface area contributed by atoms with Crippen LogP contribution in [-0.4, -0.2) is 43.4 Å². The van der Waals surface area contributed by atoms with Crippen LogP contribution < -0.4 is 15.4 Å². The minimum atomic E-state index is -3.99. The van der Waals surface area contributed by atoms with Crippen molar-refractivity contribution in [3.8, 4) is 0 Å². The van der Waals surface area contributed by atoms with Gasteiger partial charge in [0.25, 0.3) is 0 Å². The number of hydrogen-bond acceptors (Lipinski definition) is 5. The van der Waals surface area contributed by atoms with E-state index in [0.29, 0.717) is 12.1 Å². The largest absolute Gasteiger partial charge is 0.480 e. The van der Waals surface area contributed by atoms with E-state index in [9.17, 15) is 22.8 Å². The zero-order valence-electron chi connectivity index (χ0n) is 14.8. The molecule has 1 rings (SSSR count). The number of benzene rings is 1. The first-order valence-electron chi connectivity index (χ1n) is 8.00. The monoisotopic (exact) mass is 385 g/mol. The van der Waals surface area contributed by atoms with E-state index in [2.05, 4.69) is 15.4 Å².